The maximum Gasteiger partial charge on any atom is 0.320 e. The summed E-state index contributed by atoms with van der Waals surface area (Å²) in [4.78, 5) is 22.7. The van der Waals surface area contributed by atoms with Crippen molar-refractivity contribution in [2.45, 2.75) is 3.92 Å². The van der Waals surface area contributed by atoms with E-state index in [1.165, 1.54) is 18.4 Å². The Hall–Kier alpha value is 0.1000. The van der Waals surface area contributed by atoms with Crippen LogP contribution in [0.2, 0.25) is 0 Å². The Morgan fingerprint density at radius 3 is 2.81 bits per heavy atom. The van der Waals surface area contributed by atoms with Gasteiger partial charge >= 0.3 is 5.97 Å². The molecule has 1 aromatic rings. The van der Waals surface area contributed by atoms with Crippen LogP contribution in [0.25, 0.3) is 0 Å². The van der Waals surface area contributed by atoms with Crippen molar-refractivity contribution in [2.24, 2.45) is 0 Å². The smallest absolute Gasteiger partial charge is 0.320 e. The van der Waals surface area contributed by atoms with E-state index in [0.717, 1.165) is 2.88 Å². The highest BCUT2D eigenvalue weighted by atomic mass is 127. The van der Waals surface area contributed by atoms with Crippen LogP contribution >= 0.6 is 56.5 Å². The van der Waals surface area contributed by atoms with E-state index < -0.39 is 0 Å². The molecule has 1 aromatic heterocycles. The number of nitrogens with one attached hydrogen (secondary N) is 1. The number of ether oxygens (including phenoxy) is 1. The number of carbonyl (C=O) groups excluding carboxylic acids is 2. The summed E-state index contributed by atoms with van der Waals surface area (Å²) in [5, 5.41) is 4.47. The van der Waals surface area contributed by atoms with Crippen LogP contribution in [0.3, 0.4) is 0 Å². The van der Waals surface area contributed by atoms with E-state index >= 15 is 0 Å². The third-order valence-electron chi connectivity index (χ3n) is 1.73. The van der Waals surface area contributed by atoms with Gasteiger partial charge in [0.2, 0.25) is 0 Å². The summed E-state index contributed by atoms with van der Waals surface area (Å²) >= 11 is 5.60. The molecule has 0 aliphatic rings. The quantitative estimate of drug-likeness (QED) is 0.421. The number of esters is 1. The highest BCUT2D eigenvalue weighted by molar-refractivity contribution is 14.1. The van der Waals surface area contributed by atoms with Crippen molar-refractivity contribution in [3.63, 3.8) is 0 Å². The van der Waals surface area contributed by atoms with Crippen molar-refractivity contribution < 1.29 is 14.3 Å². The summed E-state index contributed by atoms with van der Waals surface area (Å²) in [7, 11) is 1.33. The Balaban J connectivity index is 2.44. The third-order valence-corrected chi connectivity index (χ3v) is 4.47. The summed E-state index contributed by atoms with van der Waals surface area (Å²) < 4.78 is 5.26. The van der Waals surface area contributed by atoms with Crippen LogP contribution in [-0.4, -0.2) is 29.5 Å². The molecule has 16 heavy (non-hydrogen) atoms. The van der Waals surface area contributed by atoms with Gasteiger partial charge in [0.05, 0.1) is 15.6 Å². The number of halogens is 2. The molecule has 1 atom stereocenters. The Kier molecular flexibility index (Phi) is 5.97. The van der Waals surface area contributed by atoms with Crippen molar-refractivity contribution in [2.75, 3.05) is 13.7 Å². The molecule has 1 unspecified atom stereocenters. The first-order valence-corrected chi connectivity index (χ1v) is 7.49. The average Bonchev–Trinajstić information content (AvgIpc) is 2.71. The van der Waals surface area contributed by atoms with Crippen molar-refractivity contribution >= 4 is 68.4 Å². The number of methoxy groups -OCH3 is 1. The molecule has 7 heteroatoms. The van der Waals surface area contributed by atoms with Crippen LogP contribution in [-0.2, 0) is 9.53 Å². The zero-order chi connectivity index (χ0) is 12.1. The molecule has 0 radical (unpaired) electrons. The zero-order valence-electron chi connectivity index (χ0n) is 8.33. The van der Waals surface area contributed by atoms with Crippen molar-refractivity contribution in [1.82, 2.24) is 5.32 Å². The Morgan fingerprint density at radius 2 is 2.31 bits per heavy atom. The molecule has 1 N–H and O–H groups in total. The van der Waals surface area contributed by atoms with Crippen LogP contribution in [0.5, 0.6) is 0 Å². The molecule has 1 rings (SSSR count). The molecule has 0 spiro atoms. The zero-order valence-corrected chi connectivity index (χ0v) is 13.5. The molecule has 1 amide bonds. The lowest BCUT2D eigenvalue weighted by Crippen LogP contribution is -2.33. The van der Waals surface area contributed by atoms with E-state index in [1.807, 2.05) is 22.6 Å². The summed E-state index contributed by atoms with van der Waals surface area (Å²) in [6, 6.07) is 1.81. The fourth-order valence-electron chi connectivity index (χ4n) is 0.925. The first kappa shape index (κ1) is 14.2. The van der Waals surface area contributed by atoms with Crippen LogP contribution in [0.4, 0.5) is 0 Å². The van der Waals surface area contributed by atoms with Crippen LogP contribution < -0.4 is 5.32 Å². The highest BCUT2D eigenvalue weighted by Gasteiger charge is 2.16. The Morgan fingerprint density at radius 1 is 1.62 bits per heavy atom. The van der Waals surface area contributed by atoms with Gasteiger partial charge in [-0.1, -0.05) is 22.6 Å². The lowest BCUT2D eigenvalue weighted by Gasteiger charge is -2.08. The molecule has 0 fully saturated rings. The number of hydrogen-bond donors (Lipinski definition) is 1. The number of alkyl halides is 1. The minimum atomic E-state index is -0.357. The van der Waals surface area contributed by atoms with Gasteiger partial charge in [-0.15, -0.1) is 11.3 Å². The summed E-state index contributed by atoms with van der Waals surface area (Å²) in [5.74, 6) is -0.495. The average molecular weight is 465 g/mol. The molecule has 88 valence electrons. The van der Waals surface area contributed by atoms with E-state index in [9.17, 15) is 9.59 Å². The molecule has 0 aromatic carbocycles. The molecular formula is C9H9I2NO3S. The van der Waals surface area contributed by atoms with Gasteiger partial charge in [-0.05, 0) is 28.7 Å². The van der Waals surface area contributed by atoms with Crippen molar-refractivity contribution in [3.05, 3.63) is 19.9 Å². The molecular weight excluding hydrogens is 456 g/mol. The number of thiophene rings is 1. The SMILES string of the molecule is COC(=O)C(I)CNC(=O)c1csc(I)c1. The minimum Gasteiger partial charge on any atom is -0.468 e. The van der Waals surface area contributed by atoms with Crippen LogP contribution in [0.15, 0.2) is 11.4 Å². The van der Waals surface area contributed by atoms with Gasteiger partial charge in [0.25, 0.3) is 5.91 Å². The fourth-order valence-corrected chi connectivity index (χ4v) is 2.73. The Labute approximate surface area is 124 Å². The summed E-state index contributed by atoms with van der Waals surface area (Å²) in [5.41, 5.74) is 0.628. The largest absolute Gasteiger partial charge is 0.468 e. The van der Waals surface area contributed by atoms with Crippen molar-refractivity contribution in [3.8, 4) is 0 Å². The van der Waals surface area contributed by atoms with E-state index in [2.05, 4.69) is 32.6 Å². The summed E-state index contributed by atoms with van der Waals surface area (Å²) in [6.45, 7) is 0.276. The maximum absolute atomic E-state index is 11.6. The maximum atomic E-state index is 11.6. The minimum absolute atomic E-state index is 0.162. The molecule has 0 saturated carbocycles. The van der Waals surface area contributed by atoms with Gasteiger partial charge in [-0.25, -0.2) is 0 Å². The number of amides is 1. The van der Waals surface area contributed by atoms with Crippen LogP contribution in [0.1, 0.15) is 10.4 Å². The van der Waals surface area contributed by atoms with Gasteiger partial charge in [0, 0.05) is 11.9 Å². The standard InChI is InChI=1S/C9H9I2NO3S/c1-15-9(14)6(10)3-12-8(13)5-2-7(11)16-4-5/h2,4,6H,3H2,1H3,(H,12,13). The van der Waals surface area contributed by atoms with Crippen LogP contribution in [0, 0.1) is 2.88 Å². The second-order valence-corrected chi connectivity index (χ2v) is 7.15. The van der Waals surface area contributed by atoms with E-state index in [1.54, 1.807) is 11.4 Å². The molecule has 4 nitrogen and oxygen atoms in total. The number of hydrogen-bond acceptors (Lipinski definition) is 4. The van der Waals surface area contributed by atoms with E-state index in [4.69, 9.17) is 0 Å². The normalized spacial score (nSPS) is 11.9. The molecule has 0 bridgehead atoms. The van der Waals surface area contributed by atoms with Gasteiger partial charge < -0.3 is 10.1 Å². The predicted molar refractivity (Wildman–Crippen MR) is 79.2 cm³/mol. The topological polar surface area (TPSA) is 55.4 Å². The fraction of sp³-hybridized carbons (Fsp3) is 0.333. The van der Waals surface area contributed by atoms with Gasteiger partial charge in [0.15, 0.2) is 0 Å². The van der Waals surface area contributed by atoms with Gasteiger partial charge in [0.1, 0.15) is 3.92 Å². The lowest BCUT2D eigenvalue weighted by atomic mass is 10.3. The second kappa shape index (κ2) is 6.74. The van der Waals surface area contributed by atoms with E-state index in [0.29, 0.717) is 5.56 Å². The van der Waals surface area contributed by atoms with Gasteiger partial charge in [-0.3, -0.25) is 9.59 Å². The number of carbonyl (C=O) groups is 2. The monoisotopic (exact) mass is 465 g/mol. The molecule has 0 saturated heterocycles. The molecule has 0 aliphatic heterocycles. The first-order chi connectivity index (χ1) is 7.54. The first-order valence-electron chi connectivity index (χ1n) is 4.28. The summed E-state index contributed by atoms with van der Waals surface area (Å²) in [6.07, 6.45) is 0. The second-order valence-electron chi connectivity index (χ2n) is 2.84. The molecule has 0 aliphatic carbocycles. The van der Waals surface area contributed by atoms with Crippen molar-refractivity contribution in [1.29, 1.82) is 0 Å². The van der Waals surface area contributed by atoms with Gasteiger partial charge in [-0.2, -0.15) is 0 Å². The molecule has 1 heterocycles. The highest BCUT2D eigenvalue weighted by Crippen LogP contribution is 2.16. The number of rotatable bonds is 4. The Bertz CT molecular complexity index is 394. The third kappa shape index (κ3) is 4.17. The lowest BCUT2D eigenvalue weighted by molar-refractivity contribution is -0.139. The predicted octanol–water partition coefficient (Wildman–Crippen LogP) is 2.06. The van der Waals surface area contributed by atoms with E-state index in [-0.39, 0.29) is 22.3 Å².